The summed E-state index contributed by atoms with van der Waals surface area (Å²) < 4.78 is 0. The van der Waals surface area contributed by atoms with Crippen LogP contribution in [0, 0.1) is 5.92 Å². The molecule has 0 radical (unpaired) electrons. The summed E-state index contributed by atoms with van der Waals surface area (Å²) in [4.78, 5) is 0. The maximum atomic E-state index is 5.05. The van der Waals surface area contributed by atoms with E-state index < -0.39 is 0 Å². The van der Waals surface area contributed by atoms with Crippen LogP contribution in [0.1, 0.15) is 33.1 Å². The topological polar surface area (TPSA) is 36.4 Å². The molecule has 4 heteroatoms. The quantitative estimate of drug-likeness (QED) is 0.334. The predicted octanol–water partition coefficient (Wildman–Crippen LogP) is 2.20. The first-order chi connectivity index (χ1) is 7.18. The average Bonchev–Trinajstić information content (AvgIpc) is 2.18. The summed E-state index contributed by atoms with van der Waals surface area (Å²) in [5, 5.41) is 7.80. The summed E-state index contributed by atoms with van der Waals surface area (Å²) in [7, 11) is 0. The van der Waals surface area contributed by atoms with Crippen LogP contribution in [0.25, 0.3) is 0 Å². The molecule has 0 aliphatic heterocycles. The van der Waals surface area contributed by atoms with E-state index in [0.717, 1.165) is 12.8 Å². The molecule has 1 atom stereocenters. The van der Waals surface area contributed by atoms with Crippen LogP contribution in [0.2, 0.25) is 0 Å². The number of hydrazone groups is 1. The molecule has 0 fully saturated rings. The van der Waals surface area contributed by atoms with E-state index in [1.807, 2.05) is 20.1 Å². The van der Waals surface area contributed by atoms with Crippen molar-refractivity contribution in [2.24, 2.45) is 11.0 Å². The van der Waals surface area contributed by atoms with Crippen molar-refractivity contribution in [2.75, 3.05) is 0 Å². The van der Waals surface area contributed by atoms with E-state index in [1.165, 1.54) is 6.42 Å². The Morgan fingerprint density at radius 1 is 1.53 bits per heavy atom. The smallest absolute Gasteiger partial charge is 0.187 e. The highest BCUT2D eigenvalue weighted by Crippen LogP contribution is 2.15. The van der Waals surface area contributed by atoms with Crippen molar-refractivity contribution >= 4 is 23.5 Å². The number of allylic oxidation sites excluding steroid dienone is 2. The molecule has 2 N–H and O–H groups in total. The Bertz CT molecular complexity index is 259. The molecule has 0 aromatic carbocycles. The van der Waals surface area contributed by atoms with E-state index >= 15 is 0 Å². The average molecular weight is 225 g/mol. The van der Waals surface area contributed by atoms with E-state index in [4.69, 9.17) is 12.2 Å². The molecular formula is C11H19N3S. The summed E-state index contributed by atoms with van der Waals surface area (Å²) in [5.41, 5.74) is 2.83. The van der Waals surface area contributed by atoms with Crippen molar-refractivity contribution in [3.05, 3.63) is 12.2 Å². The molecular weight excluding hydrogens is 206 g/mol. The standard InChI is InChI=1S/C11H19N3S/c1-9(2)13-11(15)14-12-8-10-6-4-3-5-7-10/h3-4,8-10H,5-7H2,1-2H3,(H2,13,14,15)/b12-8-/t10-/m0/s1. The van der Waals surface area contributed by atoms with Crippen LogP contribution in [0.4, 0.5) is 0 Å². The van der Waals surface area contributed by atoms with Gasteiger partial charge in [0.2, 0.25) is 0 Å². The highest BCUT2D eigenvalue weighted by molar-refractivity contribution is 7.80. The van der Waals surface area contributed by atoms with Gasteiger partial charge in [-0.15, -0.1) is 0 Å². The summed E-state index contributed by atoms with van der Waals surface area (Å²) in [6.07, 6.45) is 9.83. The number of hydrogen-bond donors (Lipinski definition) is 2. The first kappa shape index (κ1) is 12.2. The van der Waals surface area contributed by atoms with E-state index in [1.54, 1.807) is 0 Å². The summed E-state index contributed by atoms with van der Waals surface area (Å²) in [6, 6.07) is 0.345. The zero-order chi connectivity index (χ0) is 11.1. The fraction of sp³-hybridized carbons (Fsp3) is 0.636. The molecule has 15 heavy (non-hydrogen) atoms. The number of thiocarbonyl (C=S) groups is 1. The van der Waals surface area contributed by atoms with Crippen LogP contribution in [0.15, 0.2) is 17.3 Å². The summed E-state index contributed by atoms with van der Waals surface area (Å²) in [5.74, 6) is 0.560. The van der Waals surface area contributed by atoms with Crippen LogP contribution >= 0.6 is 12.2 Å². The maximum Gasteiger partial charge on any atom is 0.187 e. The normalized spacial score (nSPS) is 20.9. The van der Waals surface area contributed by atoms with E-state index in [9.17, 15) is 0 Å². The van der Waals surface area contributed by atoms with Gasteiger partial charge in [0.05, 0.1) is 0 Å². The van der Waals surface area contributed by atoms with Crippen molar-refractivity contribution in [1.29, 1.82) is 0 Å². The molecule has 3 nitrogen and oxygen atoms in total. The first-order valence-corrected chi connectivity index (χ1v) is 5.84. The highest BCUT2D eigenvalue weighted by atomic mass is 32.1. The molecule has 0 bridgehead atoms. The lowest BCUT2D eigenvalue weighted by Gasteiger charge is -2.13. The van der Waals surface area contributed by atoms with E-state index in [2.05, 4.69) is 28.0 Å². The second kappa shape index (κ2) is 6.56. The predicted molar refractivity (Wildman–Crippen MR) is 69.0 cm³/mol. The zero-order valence-corrected chi connectivity index (χ0v) is 10.2. The van der Waals surface area contributed by atoms with Gasteiger partial charge in [-0.3, -0.25) is 5.43 Å². The van der Waals surface area contributed by atoms with Gasteiger partial charge in [-0.2, -0.15) is 5.10 Å². The molecule has 0 saturated carbocycles. The van der Waals surface area contributed by atoms with Crippen LogP contribution in [-0.4, -0.2) is 17.4 Å². The second-order valence-electron chi connectivity index (χ2n) is 4.06. The zero-order valence-electron chi connectivity index (χ0n) is 9.36. The third kappa shape index (κ3) is 5.52. The molecule has 84 valence electrons. The lowest BCUT2D eigenvalue weighted by atomic mass is 9.96. The molecule has 0 unspecified atom stereocenters. The fourth-order valence-corrected chi connectivity index (χ4v) is 1.74. The van der Waals surface area contributed by atoms with Gasteiger partial charge in [0.1, 0.15) is 0 Å². The Hall–Kier alpha value is -0.900. The number of nitrogens with one attached hydrogen (secondary N) is 2. The molecule has 0 aromatic heterocycles. The molecule has 0 amide bonds. The monoisotopic (exact) mass is 225 g/mol. The van der Waals surface area contributed by atoms with Crippen molar-refractivity contribution in [3.63, 3.8) is 0 Å². The fourth-order valence-electron chi connectivity index (χ4n) is 1.45. The molecule has 0 saturated heterocycles. The molecule has 0 heterocycles. The van der Waals surface area contributed by atoms with Gasteiger partial charge in [-0.25, -0.2) is 0 Å². The molecule has 0 spiro atoms. The minimum absolute atomic E-state index is 0.345. The highest BCUT2D eigenvalue weighted by Gasteiger charge is 2.06. The van der Waals surface area contributed by atoms with Crippen LogP contribution in [0.3, 0.4) is 0 Å². The minimum atomic E-state index is 0.345. The Morgan fingerprint density at radius 2 is 2.33 bits per heavy atom. The van der Waals surface area contributed by atoms with Gasteiger partial charge < -0.3 is 5.32 Å². The Morgan fingerprint density at radius 3 is 2.93 bits per heavy atom. The lowest BCUT2D eigenvalue weighted by Crippen LogP contribution is -2.36. The van der Waals surface area contributed by atoms with Crippen LogP contribution in [0.5, 0.6) is 0 Å². The molecule has 0 aromatic rings. The minimum Gasteiger partial charge on any atom is -0.359 e. The second-order valence-corrected chi connectivity index (χ2v) is 4.47. The Balaban J connectivity index is 2.20. The van der Waals surface area contributed by atoms with Crippen molar-refractivity contribution < 1.29 is 0 Å². The summed E-state index contributed by atoms with van der Waals surface area (Å²) >= 11 is 5.05. The first-order valence-electron chi connectivity index (χ1n) is 5.43. The third-order valence-electron chi connectivity index (χ3n) is 2.18. The SMILES string of the molecule is CC(C)NC(=S)N/N=C\[C@H]1CC=CCC1. The number of rotatable bonds is 3. The van der Waals surface area contributed by atoms with Crippen molar-refractivity contribution in [3.8, 4) is 0 Å². The van der Waals surface area contributed by atoms with Gasteiger partial charge in [0.15, 0.2) is 5.11 Å². The summed E-state index contributed by atoms with van der Waals surface area (Å²) in [6.45, 7) is 4.09. The van der Waals surface area contributed by atoms with E-state index in [-0.39, 0.29) is 0 Å². The Kier molecular flexibility index (Phi) is 5.32. The van der Waals surface area contributed by atoms with Gasteiger partial charge in [0.25, 0.3) is 0 Å². The van der Waals surface area contributed by atoms with Crippen LogP contribution in [-0.2, 0) is 0 Å². The van der Waals surface area contributed by atoms with Gasteiger partial charge >= 0.3 is 0 Å². The van der Waals surface area contributed by atoms with Crippen molar-refractivity contribution in [2.45, 2.75) is 39.2 Å². The Labute approximate surface area is 97.0 Å². The largest absolute Gasteiger partial charge is 0.359 e. The van der Waals surface area contributed by atoms with E-state index in [0.29, 0.717) is 17.1 Å². The van der Waals surface area contributed by atoms with Gasteiger partial charge in [-0.05, 0) is 51.2 Å². The maximum absolute atomic E-state index is 5.05. The molecule has 1 rings (SSSR count). The van der Waals surface area contributed by atoms with Gasteiger partial charge in [0, 0.05) is 12.3 Å². The third-order valence-corrected chi connectivity index (χ3v) is 2.39. The molecule has 1 aliphatic rings. The van der Waals surface area contributed by atoms with Gasteiger partial charge in [-0.1, -0.05) is 12.2 Å². The number of hydrogen-bond acceptors (Lipinski definition) is 2. The van der Waals surface area contributed by atoms with Crippen LogP contribution < -0.4 is 10.7 Å². The van der Waals surface area contributed by atoms with Crippen molar-refractivity contribution in [1.82, 2.24) is 10.7 Å². The number of nitrogens with zero attached hydrogens (tertiary/aromatic N) is 1. The lowest BCUT2D eigenvalue weighted by molar-refractivity contribution is 0.624. The molecule has 1 aliphatic carbocycles.